The highest BCUT2D eigenvalue weighted by atomic mass is 19.1. The zero-order chi connectivity index (χ0) is 14.3. The average molecular weight is 276 g/mol. The maximum atomic E-state index is 13.3. The van der Waals surface area contributed by atoms with Gasteiger partial charge in [-0.1, -0.05) is 0 Å². The molecule has 1 N–H and O–H groups in total. The summed E-state index contributed by atoms with van der Waals surface area (Å²) in [5.74, 6) is 0.0409. The number of halogens is 1. The molecule has 0 amide bonds. The largest absolute Gasteiger partial charge is 0.484 e. The lowest BCUT2D eigenvalue weighted by molar-refractivity contribution is 0.0610. The zero-order valence-electron chi connectivity index (χ0n) is 11.5. The van der Waals surface area contributed by atoms with Crippen molar-refractivity contribution in [3.8, 4) is 5.75 Å². The van der Waals surface area contributed by atoms with Crippen LogP contribution in [-0.4, -0.2) is 14.7 Å². The van der Waals surface area contributed by atoms with E-state index < -0.39 is 6.10 Å². The number of hydrogen-bond acceptors (Lipinski definition) is 3. The van der Waals surface area contributed by atoms with Crippen LogP contribution in [0.2, 0.25) is 0 Å². The topological polar surface area (TPSA) is 47.3 Å². The molecule has 4 nitrogen and oxygen atoms in total. The number of rotatable bonds is 2. The molecule has 1 aromatic heterocycles. The summed E-state index contributed by atoms with van der Waals surface area (Å²) in [6.45, 7) is 4.11. The van der Waals surface area contributed by atoms with Crippen LogP contribution in [-0.2, 0) is 0 Å². The Balaban J connectivity index is 1.96. The smallest absolute Gasteiger partial charge is 0.143 e. The maximum Gasteiger partial charge on any atom is 0.143 e. The van der Waals surface area contributed by atoms with Gasteiger partial charge in [-0.25, -0.2) is 9.37 Å². The van der Waals surface area contributed by atoms with E-state index in [-0.39, 0.29) is 18.0 Å². The van der Waals surface area contributed by atoms with Crippen molar-refractivity contribution in [1.82, 2.24) is 9.55 Å². The zero-order valence-corrected chi connectivity index (χ0v) is 11.5. The highest BCUT2D eigenvalue weighted by molar-refractivity contribution is 5.38. The Kier molecular flexibility index (Phi) is 3.22. The van der Waals surface area contributed by atoms with Crippen molar-refractivity contribution < 1.29 is 14.2 Å². The predicted octanol–water partition coefficient (Wildman–Crippen LogP) is 3.16. The lowest BCUT2D eigenvalue weighted by Crippen LogP contribution is -2.22. The molecule has 0 bridgehead atoms. The summed E-state index contributed by atoms with van der Waals surface area (Å²) in [5.41, 5.74) is 1.53. The van der Waals surface area contributed by atoms with Crippen molar-refractivity contribution in [2.45, 2.75) is 38.5 Å². The first-order valence-corrected chi connectivity index (χ1v) is 6.72. The summed E-state index contributed by atoms with van der Waals surface area (Å²) in [4.78, 5) is 4.14. The maximum absolute atomic E-state index is 13.3. The monoisotopic (exact) mass is 276 g/mol. The number of imidazole rings is 1. The summed E-state index contributed by atoms with van der Waals surface area (Å²) < 4.78 is 21.2. The molecule has 0 saturated carbocycles. The first-order valence-electron chi connectivity index (χ1n) is 6.72. The summed E-state index contributed by atoms with van der Waals surface area (Å²) in [5, 5.41) is 10.2. The lowest BCUT2D eigenvalue weighted by atomic mass is 9.97. The first-order chi connectivity index (χ1) is 9.56. The van der Waals surface area contributed by atoms with Crippen molar-refractivity contribution in [3.63, 3.8) is 0 Å². The third-order valence-electron chi connectivity index (χ3n) is 3.62. The quantitative estimate of drug-likeness (QED) is 0.916. The molecule has 1 aliphatic rings. The second-order valence-corrected chi connectivity index (χ2v) is 5.36. The second-order valence-electron chi connectivity index (χ2n) is 5.36. The molecule has 1 aliphatic heterocycles. The van der Waals surface area contributed by atoms with E-state index in [1.54, 1.807) is 18.6 Å². The van der Waals surface area contributed by atoms with E-state index in [9.17, 15) is 9.50 Å². The Morgan fingerprint density at radius 1 is 1.45 bits per heavy atom. The summed E-state index contributed by atoms with van der Waals surface area (Å²) in [7, 11) is 0. The minimum absolute atomic E-state index is 0.252. The van der Waals surface area contributed by atoms with Gasteiger partial charge in [-0.2, -0.15) is 0 Å². The van der Waals surface area contributed by atoms with E-state index in [0.29, 0.717) is 17.7 Å². The molecule has 20 heavy (non-hydrogen) atoms. The van der Waals surface area contributed by atoms with E-state index in [0.717, 1.165) is 5.69 Å². The van der Waals surface area contributed by atoms with Crippen LogP contribution in [0, 0.1) is 5.82 Å². The fraction of sp³-hybridized carbons (Fsp3) is 0.400. The van der Waals surface area contributed by atoms with Crippen LogP contribution in [0.15, 0.2) is 30.7 Å². The summed E-state index contributed by atoms with van der Waals surface area (Å²) in [6.07, 6.45) is 2.96. The number of nitrogens with zero attached hydrogens (tertiary/aromatic N) is 2. The van der Waals surface area contributed by atoms with Crippen LogP contribution in [0.1, 0.15) is 49.8 Å². The van der Waals surface area contributed by atoms with Gasteiger partial charge in [0, 0.05) is 24.1 Å². The highest BCUT2D eigenvalue weighted by Crippen LogP contribution is 2.41. The molecule has 2 atom stereocenters. The minimum Gasteiger partial charge on any atom is -0.484 e. The van der Waals surface area contributed by atoms with E-state index in [4.69, 9.17) is 4.74 Å². The van der Waals surface area contributed by atoms with Gasteiger partial charge in [-0.15, -0.1) is 0 Å². The second kappa shape index (κ2) is 4.90. The Morgan fingerprint density at radius 2 is 2.25 bits per heavy atom. The molecular weight excluding hydrogens is 259 g/mol. The fourth-order valence-electron chi connectivity index (χ4n) is 2.59. The van der Waals surface area contributed by atoms with Crippen molar-refractivity contribution in [2.75, 3.05) is 0 Å². The van der Waals surface area contributed by atoms with Gasteiger partial charge >= 0.3 is 0 Å². The average Bonchev–Trinajstić information content (AvgIpc) is 2.87. The molecule has 0 spiro atoms. The van der Waals surface area contributed by atoms with Crippen LogP contribution in [0.5, 0.6) is 5.75 Å². The molecule has 2 heterocycles. The standard InChI is InChI=1S/C15H17FN2O2/c1-9(2)18-8-17-7-12(18)15-6-13(19)11-4-3-10(16)5-14(11)20-15/h3-5,7-9,13,15,19H,6H2,1-2H3/t13-,15?/m0/s1. The van der Waals surface area contributed by atoms with Crippen molar-refractivity contribution in [1.29, 1.82) is 0 Å². The van der Waals surface area contributed by atoms with Crippen molar-refractivity contribution in [3.05, 3.63) is 47.8 Å². The van der Waals surface area contributed by atoms with Crippen molar-refractivity contribution in [2.24, 2.45) is 0 Å². The normalized spacial score (nSPS) is 21.6. The molecule has 0 saturated heterocycles. The lowest BCUT2D eigenvalue weighted by Gasteiger charge is -2.30. The SMILES string of the molecule is CC(C)n1cncc1C1C[C@H](O)c2ccc(F)cc2O1. The van der Waals surface area contributed by atoms with Gasteiger partial charge in [0.2, 0.25) is 0 Å². The van der Waals surface area contributed by atoms with Crippen molar-refractivity contribution >= 4 is 0 Å². The highest BCUT2D eigenvalue weighted by Gasteiger charge is 2.30. The molecular formula is C15H17FN2O2. The molecule has 1 unspecified atom stereocenters. The molecule has 0 fully saturated rings. The molecule has 5 heteroatoms. The number of benzene rings is 1. The molecule has 1 aromatic carbocycles. The number of aliphatic hydroxyl groups excluding tert-OH is 1. The molecule has 0 aliphatic carbocycles. The van der Waals surface area contributed by atoms with Crippen LogP contribution in [0.4, 0.5) is 4.39 Å². The van der Waals surface area contributed by atoms with Gasteiger partial charge in [0.15, 0.2) is 0 Å². The Morgan fingerprint density at radius 3 is 3.00 bits per heavy atom. The van der Waals surface area contributed by atoms with Gasteiger partial charge < -0.3 is 14.4 Å². The summed E-state index contributed by atoms with van der Waals surface area (Å²) in [6, 6.07) is 4.48. The van der Waals surface area contributed by atoms with Gasteiger partial charge in [0.05, 0.1) is 24.3 Å². The van der Waals surface area contributed by atoms with Gasteiger partial charge in [-0.3, -0.25) is 0 Å². The number of hydrogen-bond donors (Lipinski definition) is 1. The molecule has 2 aromatic rings. The minimum atomic E-state index is -0.653. The van der Waals surface area contributed by atoms with E-state index in [2.05, 4.69) is 18.8 Å². The number of aliphatic hydroxyl groups is 1. The number of ether oxygens (including phenoxy) is 1. The van der Waals surface area contributed by atoms with Gasteiger partial charge in [0.25, 0.3) is 0 Å². The van der Waals surface area contributed by atoms with E-state index >= 15 is 0 Å². The fourth-order valence-corrected chi connectivity index (χ4v) is 2.59. The third-order valence-corrected chi connectivity index (χ3v) is 3.62. The molecule has 0 radical (unpaired) electrons. The van der Waals surface area contributed by atoms with E-state index in [1.807, 2.05) is 4.57 Å². The number of aromatic nitrogens is 2. The van der Waals surface area contributed by atoms with E-state index in [1.165, 1.54) is 12.1 Å². The van der Waals surface area contributed by atoms with Crippen LogP contribution >= 0.6 is 0 Å². The van der Waals surface area contributed by atoms with Gasteiger partial charge in [0.1, 0.15) is 17.7 Å². The third kappa shape index (κ3) is 2.18. The first kappa shape index (κ1) is 13.1. The Labute approximate surface area is 116 Å². The predicted molar refractivity (Wildman–Crippen MR) is 72.0 cm³/mol. The number of fused-ring (bicyclic) bond motifs is 1. The van der Waals surface area contributed by atoms with Crippen LogP contribution in [0.25, 0.3) is 0 Å². The Hall–Kier alpha value is -1.88. The van der Waals surface area contributed by atoms with Crippen LogP contribution < -0.4 is 4.74 Å². The molecule has 106 valence electrons. The summed E-state index contributed by atoms with van der Waals surface area (Å²) >= 11 is 0. The van der Waals surface area contributed by atoms with Crippen LogP contribution in [0.3, 0.4) is 0 Å². The van der Waals surface area contributed by atoms with Gasteiger partial charge in [-0.05, 0) is 26.0 Å². The Bertz CT molecular complexity index is 624. The molecule has 3 rings (SSSR count).